The van der Waals surface area contributed by atoms with Gasteiger partial charge in [0.1, 0.15) is 11.5 Å². The van der Waals surface area contributed by atoms with Gasteiger partial charge in [-0.1, -0.05) is 6.07 Å². The van der Waals surface area contributed by atoms with E-state index in [2.05, 4.69) is 4.74 Å². The van der Waals surface area contributed by atoms with E-state index < -0.39 is 0 Å². The van der Waals surface area contributed by atoms with Gasteiger partial charge < -0.3 is 9.47 Å². The molecule has 0 saturated heterocycles. The minimum Gasteiger partial charge on any atom is -0.497 e. The van der Waals surface area contributed by atoms with Gasteiger partial charge in [-0.05, 0) is 12.1 Å². The Morgan fingerprint density at radius 1 is 1.36 bits per heavy atom. The molecular formula is C8H7NO2. The Morgan fingerprint density at radius 3 is 2.73 bits per heavy atom. The first-order valence-electron chi connectivity index (χ1n) is 3.07. The van der Waals surface area contributed by atoms with Crippen LogP contribution in [0.2, 0.25) is 0 Å². The predicted octanol–water partition coefficient (Wildman–Crippen LogP) is 1.56. The Kier molecular flexibility index (Phi) is 2.34. The van der Waals surface area contributed by atoms with Crippen LogP contribution < -0.4 is 9.47 Å². The van der Waals surface area contributed by atoms with Crippen molar-refractivity contribution in [1.82, 2.24) is 0 Å². The van der Waals surface area contributed by atoms with Crippen LogP contribution in [0.3, 0.4) is 0 Å². The van der Waals surface area contributed by atoms with Gasteiger partial charge in [-0.3, -0.25) is 0 Å². The average molecular weight is 149 g/mol. The Labute approximate surface area is 64.8 Å². The number of methoxy groups -OCH3 is 1. The van der Waals surface area contributed by atoms with Crippen molar-refractivity contribution < 1.29 is 9.47 Å². The number of hydrogen-bond acceptors (Lipinski definition) is 3. The number of nitriles is 1. The lowest BCUT2D eigenvalue weighted by molar-refractivity contribution is 0.410. The van der Waals surface area contributed by atoms with Crippen LogP contribution in [-0.4, -0.2) is 7.11 Å². The van der Waals surface area contributed by atoms with E-state index in [9.17, 15) is 0 Å². The molecule has 3 nitrogen and oxygen atoms in total. The molecule has 0 atom stereocenters. The lowest BCUT2D eigenvalue weighted by Gasteiger charge is -1.99. The highest BCUT2D eigenvalue weighted by Gasteiger charge is 1.94. The zero-order chi connectivity index (χ0) is 8.10. The van der Waals surface area contributed by atoms with Gasteiger partial charge in [0.05, 0.1) is 7.11 Å². The fourth-order valence-corrected chi connectivity index (χ4v) is 0.717. The van der Waals surface area contributed by atoms with Gasteiger partial charge in [-0.2, -0.15) is 0 Å². The standard InChI is InChI=1S/C8H7NO2/c1-10-7-3-2-4-8(5-7)11-6-9/h2-5H,1H3. The van der Waals surface area contributed by atoms with E-state index in [1.807, 2.05) is 0 Å². The van der Waals surface area contributed by atoms with Crippen LogP contribution in [0.4, 0.5) is 0 Å². The van der Waals surface area contributed by atoms with Gasteiger partial charge in [-0.25, -0.2) is 0 Å². The van der Waals surface area contributed by atoms with Gasteiger partial charge in [0, 0.05) is 6.07 Å². The molecule has 0 spiro atoms. The molecule has 3 heteroatoms. The SMILES string of the molecule is COc1cccc(OC#N)c1. The molecular weight excluding hydrogens is 142 g/mol. The first kappa shape index (κ1) is 7.42. The summed E-state index contributed by atoms with van der Waals surface area (Å²) in [5.41, 5.74) is 0. The van der Waals surface area contributed by atoms with E-state index in [4.69, 9.17) is 10.00 Å². The van der Waals surface area contributed by atoms with Crippen LogP contribution >= 0.6 is 0 Å². The minimum absolute atomic E-state index is 0.492. The second-order valence-electron chi connectivity index (χ2n) is 1.87. The van der Waals surface area contributed by atoms with Crippen LogP contribution in [0.1, 0.15) is 0 Å². The highest BCUT2D eigenvalue weighted by molar-refractivity contribution is 5.33. The third kappa shape index (κ3) is 1.87. The van der Waals surface area contributed by atoms with Crippen molar-refractivity contribution in [3.8, 4) is 17.8 Å². The summed E-state index contributed by atoms with van der Waals surface area (Å²) in [7, 11) is 1.56. The third-order valence-electron chi connectivity index (χ3n) is 1.20. The fourth-order valence-electron chi connectivity index (χ4n) is 0.717. The summed E-state index contributed by atoms with van der Waals surface area (Å²) in [5.74, 6) is 1.17. The number of nitrogens with zero attached hydrogens (tertiary/aromatic N) is 1. The number of hydrogen-bond donors (Lipinski definition) is 0. The zero-order valence-electron chi connectivity index (χ0n) is 6.07. The van der Waals surface area contributed by atoms with Crippen molar-refractivity contribution >= 4 is 0 Å². The largest absolute Gasteiger partial charge is 0.497 e. The Morgan fingerprint density at radius 2 is 2.09 bits per heavy atom. The Bertz CT molecular complexity index is 278. The summed E-state index contributed by atoms with van der Waals surface area (Å²) in [5, 5.41) is 8.17. The molecule has 0 fully saturated rings. The van der Waals surface area contributed by atoms with Gasteiger partial charge >= 0.3 is 0 Å². The molecule has 0 saturated carbocycles. The molecule has 0 N–H and O–H groups in total. The quantitative estimate of drug-likeness (QED) is 0.599. The summed E-state index contributed by atoms with van der Waals surface area (Å²) in [6.45, 7) is 0. The van der Waals surface area contributed by atoms with E-state index in [1.165, 1.54) is 0 Å². The first-order chi connectivity index (χ1) is 5.36. The average Bonchev–Trinajstić information content (AvgIpc) is 2.06. The minimum atomic E-state index is 0.492. The smallest absolute Gasteiger partial charge is 0.292 e. The molecule has 0 aromatic heterocycles. The fraction of sp³-hybridized carbons (Fsp3) is 0.125. The maximum absolute atomic E-state index is 8.17. The van der Waals surface area contributed by atoms with Crippen molar-refractivity contribution in [3.63, 3.8) is 0 Å². The van der Waals surface area contributed by atoms with Crippen LogP contribution in [0.15, 0.2) is 24.3 Å². The second kappa shape index (κ2) is 3.47. The molecule has 0 aliphatic heterocycles. The summed E-state index contributed by atoms with van der Waals surface area (Å²) < 4.78 is 9.49. The number of benzene rings is 1. The molecule has 56 valence electrons. The first-order valence-corrected chi connectivity index (χ1v) is 3.07. The lowest BCUT2D eigenvalue weighted by atomic mass is 10.3. The third-order valence-corrected chi connectivity index (χ3v) is 1.20. The van der Waals surface area contributed by atoms with Crippen LogP contribution in [-0.2, 0) is 0 Å². The molecule has 0 aliphatic carbocycles. The van der Waals surface area contributed by atoms with Gasteiger partial charge in [0.15, 0.2) is 0 Å². The number of rotatable bonds is 2. The highest BCUT2D eigenvalue weighted by Crippen LogP contribution is 2.18. The molecule has 1 rings (SSSR count). The second-order valence-corrected chi connectivity index (χ2v) is 1.87. The molecule has 0 bridgehead atoms. The molecule has 0 heterocycles. The Balaban J connectivity index is 2.84. The molecule has 1 aromatic carbocycles. The van der Waals surface area contributed by atoms with Crippen molar-refractivity contribution in [2.24, 2.45) is 0 Å². The highest BCUT2D eigenvalue weighted by atomic mass is 16.5. The summed E-state index contributed by atoms with van der Waals surface area (Å²) in [6, 6.07) is 6.87. The van der Waals surface area contributed by atoms with Crippen molar-refractivity contribution in [2.75, 3.05) is 7.11 Å². The van der Waals surface area contributed by atoms with Crippen molar-refractivity contribution in [3.05, 3.63) is 24.3 Å². The molecule has 0 unspecified atom stereocenters. The number of ether oxygens (including phenoxy) is 2. The van der Waals surface area contributed by atoms with Crippen LogP contribution in [0.5, 0.6) is 11.5 Å². The van der Waals surface area contributed by atoms with Crippen molar-refractivity contribution in [1.29, 1.82) is 5.26 Å². The van der Waals surface area contributed by atoms with Gasteiger partial charge in [-0.15, -0.1) is 5.26 Å². The monoisotopic (exact) mass is 149 g/mol. The van der Waals surface area contributed by atoms with Crippen LogP contribution in [0, 0.1) is 11.5 Å². The van der Waals surface area contributed by atoms with E-state index in [-0.39, 0.29) is 0 Å². The van der Waals surface area contributed by atoms with E-state index >= 15 is 0 Å². The molecule has 1 aromatic rings. The molecule has 0 aliphatic rings. The predicted molar refractivity (Wildman–Crippen MR) is 39.2 cm³/mol. The summed E-state index contributed by atoms with van der Waals surface area (Å²) in [4.78, 5) is 0. The summed E-state index contributed by atoms with van der Waals surface area (Å²) in [6.07, 6.45) is 1.58. The molecule has 0 radical (unpaired) electrons. The maximum Gasteiger partial charge on any atom is 0.292 e. The van der Waals surface area contributed by atoms with E-state index in [0.29, 0.717) is 11.5 Å². The topological polar surface area (TPSA) is 42.2 Å². The van der Waals surface area contributed by atoms with E-state index in [0.717, 1.165) is 0 Å². The van der Waals surface area contributed by atoms with Gasteiger partial charge in [0.25, 0.3) is 6.26 Å². The van der Waals surface area contributed by atoms with Crippen LogP contribution in [0.25, 0.3) is 0 Å². The Hall–Kier alpha value is -1.69. The molecule has 0 amide bonds. The van der Waals surface area contributed by atoms with Gasteiger partial charge in [0.2, 0.25) is 0 Å². The van der Waals surface area contributed by atoms with E-state index in [1.54, 1.807) is 37.6 Å². The normalized spacial score (nSPS) is 8.36. The zero-order valence-corrected chi connectivity index (χ0v) is 6.07. The maximum atomic E-state index is 8.17. The van der Waals surface area contributed by atoms with Crippen molar-refractivity contribution in [2.45, 2.75) is 0 Å². The lowest BCUT2D eigenvalue weighted by Crippen LogP contribution is -1.84. The molecule has 11 heavy (non-hydrogen) atoms. The summed E-state index contributed by atoms with van der Waals surface area (Å²) >= 11 is 0.